The fraction of sp³-hybridized carbons (Fsp3) is 0.267. The number of anilines is 1. The van der Waals surface area contributed by atoms with Crippen LogP contribution in [0.1, 0.15) is 11.1 Å². The number of halogens is 1. The maximum absolute atomic E-state index is 13.3. The number of aryl methyl sites for hydroxylation is 1. The number of hydrogen-bond acceptors (Lipinski definition) is 5. The lowest BCUT2D eigenvalue weighted by molar-refractivity contribution is 0.234. The second-order valence-electron chi connectivity index (χ2n) is 5.21. The molecular formula is C15H16FN3O2. The number of rotatable bonds is 2. The van der Waals surface area contributed by atoms with E-state index in [4.69, 9.17) is 10.5 Å². The molecule has 1 aromatic heterocycles. The molecule has 5 nitrogen and oxygen atoms in total. The van der Waals surface area contributed by atoms with Gasteiger partial charge in [0, 0.05) is 17.7 Å². The van der Waals surface area contributed by atoms with Crippen LogP contribution in [0.5, 0.6) is 11.5 Å². The summed E-state index contributed by atoms with van der Waals surface area (Å²) in [5, 5.41) is 10.8. The normalized spacial score (nSPS) is 17.5. The van der Waals surface area contributed by atoms with E-state index in [2.05, 4.69) is 4.98 Å². The van der Waals surface area contributed by atoms with Crippen molar-refractivity contribution in [2.24, 2.45) is 5.73 Å². The number of benzene rings is 1. The molecule has 6 heteroatoms. The number of nitrogens with two attached hydrogens (primary N) is 1. The fourth-order valence-corrected chi connectivity index (χ4v) is 2.39. The van der Waals surface area contributed by atoms with Crippen LogP contribution in [0.4, 0.5) is 10.2 Å². The molecule has 0 radical (unpaired) electrons. The third-order valence-corrected chi connectivity index (χ3v) is 3.43. The van der Waals surface area contributed by atoms with Crippen molar-refractivity contribution in [3.05, 3.63) is 47.4 Å². The van der Waals surface area contributed by atoms with Crippen molar-refractivity contribution in [1.82, 2.24) is 4.98 Å². The van der Waals surface area contributed by atoms with Crippen LogP contribution in [0.15, 0.2) is 30.5 Å². The minimum absolute atomic E-state index is 0.157. The van der Waals surface area contributed by atoms with Crippen molar-refractivity contribution < 1.29 is 14.3 Å². The van der Waals surface area contributed by atoms with E-state index in [0.29, 0.717) is 30.3 Å². The summed E-state index contributed by atoms with van der Waals surface area (Å²) in [6, 6.07) is 5.99. The molecule has 0 fully saturated rings. The molecule has 1 atom stereocenters. The van der Waals surface area contributed by atoms with Crippen molar-refractivity contribution >= 4 is 5.82 Å². The van der Waals surface area contributed by atoms with E-state index in [1.54, 1.807) is 12.1 Å². The molecule has 0 spiro atoms. The van der Waals surface area contributed by atoms with E-state index in [1.807, 2.05) is 6.92 Å². The molecule has 2 aromatic rings. The predicted molar refractivity (Wildman–Crippen MR) is 76.3 cm³/mol. The highest BCUT2D eigenvalue weighted by molar-refractivity contribution is 5.51. The molecule has 0 amide bonds. The number of hydrogen-bond donors (Lipinski definition) is 2. The number of hydroxylamine groups is 1. The van der Waals surface area contributed by atoms with Crippen LogP contribution in [0, 0.1) is 12.7 Å². The van der Waals surface area contributed by atoms with E-state index < -0.39 is 0 Å². The Kier molecular flexibility index (Phi) is 3.48. The second kappa shape index (κ2) is 5.31. The van der Waals surface area contributed by atoms with Gasteiger partial charge in [0.2, 0.25) is 0 Å². The summed E-state index contributed by atoms with van der Waals surface area (Å²) in [5.41, 5.74) is 7.50. The molecule has 21 heavy (non-hydrogen) atoms. The summed E-state index contributed by atoms with van der Waals surface area (Å²) in [6.07, 6.45) is 2.11. The van der Waals surface area contributed by atoms with E-state index >= 15 is 0 Å². The highest BCUT2D eigenvalue weighted by atomic mass is 19.1. The van der Waals surface area contributed by atoms with Crippen LogP contribution in [-0.2, 0) is 6.42 Å². The smallest absolute Gasteiger partial charge is 0.155 e. The van der Waals surface area contributed by atoms with Gasteiger partial charge in [-0.1, -0.05) is 6.07 Å². The molecule has 1 aromatic carbocycles. The molecule has 2 heterocycles. The minimum atomic E-state index is -0.356. The largest absolute Gasteiger partial charge is 0.455 e. The molecule has 1 aliphatic heterocycles. The minimum Gasteiger partial charge on any atom is -0.455 e. The van der Waals surface area contributed by atoms with Crippen molar-refractivity contribution in [2.75, 3.05) is 11.6 Å². The lowest BCUT2D eigenvalue weighted by Gasteiger charge is -2.28. The number of fused-ring (bicyclic) bond motifs is 1. The van der Waals surface area contributed by atoms with Gasteiger partial charge in [-0.05, 0) is 31.0 Å². The molecule has 3 rings (SSSR count). The van der Waals surface area contributed by atoms with Crippen LogP contribution in [0.25, 0.3) is 0 Å². The summed E-state index contributed by atoms with van der Waals surface area (Å²) in [7, 11) is 0. The predicted octanol–water partition coefficient (Wildman–Crippen LogP) is 2.40. The summed E-state index contributed by atoms with van der Waals surface area (Å²) < 4.78 is 19.0. The monoisotopic (exact) mass is 289 g/mol. The van der Waals surface area contributed by atoms with Gasteiger partial charge in [-0.3, -0.25) is 5.21 Å². The third kappa shape index (κ3) is 2.81. The number of ether oxygens (including phenoxy) is 1. The average Bonchev–Trinajstić information content (AvgIpc) is 2.42. The number of pyridine rings is 1. The lowest BCUT2D eigenvalue weighted by atomic mass is 10.0. The van der Waals surface area contributed by atoms with Gasteiger partial charge < -0.3 is 10.5 Å². The second-order valence-corrected chi connectivity index (χ2v) is 5.21. The number of nitrogens with zero attached hydrogens (tertiary/aromatic N) is 2. The highest BCUT2D eigenvalue weighted by Gasteiger charge is 2.22. The van der Waals surface area contributed by atoms with Crippen LogP contribution >= 0.6 is 0 Å². The molecule has 0 unspecified atom stereocenters. The zero-order valence-electron chi connectivity index (χ0n) is 11.6. The Balaban J connectivity index is 1.90. The summed E-state index contributed by atoms with van der Waals surface area (Å²) >= 11 is 0. The molecule has 0 saturated heterocycles. The van der Waals surface area contributed by atoms with Gasteiger partial charge in [0.05, 0.1) is 12.7 Å². The maximum atomic E-state index is 13.3. The number of aromatic nitrogens is 1. The standard InChI is InChI=1S/C15H16FN3O2/c1-9-2-3-11(16)6-14(9)21-13-5-10-4-12(17)8-19(20)15(10)18-7-13/h2-3,5-7,12,20H,4,8,17H2,1H3/t12-/m0/s1. The Bertz CT molecular complexity index is 678. The molecule has 3 N–H and O–H groups in total. The lowest BCUT2D eigenvalue weighted by Crippen LogP contribution is -2.42. The van der Waals surface area contributed by atoms with Gasteiger partial charge >= 0.3 is 0 Å². The zero-order valence-corrected chi connectivity index (χ0v) is 11.6. The Morgan fingerprint density at radius 1 is 1.43 bits per heavy atom. The first-order chi connectivity index (χ1) is 10.0. The van der Waals surface area contributed by atoms with Crippen LogP contribution in [0.2, 0.25) is 0 Å². The average molecular weight is 289 g/mol. The SMILES string of the molecule is Cc1ccc(F)cc1Oc1cnc2c(c1)C[C@H](N)CN2O. The molecule has 0 saturated carbocycles. The zero-order chi connectivity index (χ0) is 15.0. The summed E-state index contributed by atoms with van der Waals surface area (Å²) in [4.78, 5) is 4.18. The first-order valence-corrected chi connectivity index (χ1v) is 6.68. The van der Waals surface area contributed by atoms with E-state index in [0.717, 1.165) is 16.2 Å². The Morgan fingerprint density at radius 3 is 3.05 bits per heavy atom. The molecule has 0 aliphatic carbocycles. The Hall–Kier alpha value is -2.18. The quantitative estimate of drug-likeness (QED) is 0.888. The first-order valence-electron chi connectivity index (χ1n) is 6.68. The van der Waals surface area contributed by atoms with Crippen molar-refractivity contribution in [1.29, 1.82) is 0 Å². The first kappa shape index (κ1) is 13.8. The van der Waals surface area contributed by atoms with Crippen LogP contribution < -0.4 is 15.5 Å². The van der Waals surface area contributed by atoms with Gasteiger partial charge in [-0.2, -0.15) is 0 Å². The molecule has 110 valence electrons. The fourth-order valence-electron chi connectivity index (χ4n) is 2.39. The van der Waals surface area contributed by atoms with Crippen LogP contribution in [0.3, 0.4) is 0 Å². The van der Waals surface area contributed by atoms with Gasteiger partial charge in [0.25, 0.3) is 0 Å². The van der Waals surface area contributed by atoms with Crippen molar-refractivity contribution in [2.45, 2.75) is 19.4 Å². The topological polar surface area (TPSA) is 71.6 Å². The third-order valence-electron chi connectivity index (χ3n) is 3.43. The Labute approximate surface area is 121 Å². The molecule has 1 aliphatic rings. The summed E-state index contributed by atoms with van der Waals surface area (Å²) in [5.74, 6) is 1.06. The van der Waals surface area contributed by atoms with Crippen molar-refractivity contribution in [3.63, 3.8) is 0 Å². The summed E-state index contributed by atoms with van der Waals surface area (Å²) in [6.45, 7) is 2.19. The van der Waals surface area contributed by atoms with E-state index in [-0.39, 0.29) is 11.9 Å². The molecular weight excluding hydrogens is 273 g/mol. The molecule has 0 bridgehead atoms. The van der Waals surface area contributed by atoms with Gasteiger partial charge in [-0.15, -0.1) is 0 Å². The van der Waals surface area contributed by atoms with Gasteiger partial charge in [0.15, 0.2) is 5.82 Å². The van der Waals surface area contributed by atoms with Crippen molar-refractivity contribution in [3.8, 4) is 11.5 Å². The van der Waals surface area contributed by atoms with Gasteiger partial charge in [-0.25, -0.2) is 14.4 Å². The van der Waals surface area contributed by atoms with E-state index in [1.165, 1.54) is 18.3 Å². The van der Waals surface area contributed by atoms with Crippen LogP contribution in [-0.4, -0.2) is 22.8 Å². The maximum Gasteiger partial charge on any atom is 0.155 e. The van der Waals surface area contributed by atoms with E-state index in [9.17, 15) is 9.60 Å². The highest BCUT2D eigenvalue weighted by Crippen LogP contribution is 2.30. The Morgan fingerprint density at radius 2 is 2.24 bits per heavy atom. The van der Waals surface area contributed by atoms with Gasteiger partial charge in [0.1, 0.15) is 17.3 Å².